The Bertz CT molecular complexity index is 862. The van der Waals surface area contributed by atoms with Gasteiger partial charge in [-0.25, -0.2) is 4.39 Å². The molecule has 2 aliphatic rings. The molecule has 1 amide bonds. The molecule has 1 aromatic heterocycles. The number of aromatic nitrogens is 1. The molecule has 0 radical (unpaired) electrons. The van der Waals surface area contributed by atoms with E-state index in [4.69, 9.17) is 9.47 Å². The lowest BCUT2D eigenvalue weighted by molar-refractivity contribution is -0.130. The van der Waals surface area contributed by atoms with Crippen LogP contribution in [0.3, 0.4) is 0 Å². The van der Waals surface area contributed by atoms with Gasteiger partial charge in [0.1, 0.15) is 18.2 Å². The van der Waals surface area contributed by atoms with Gasteiger partial charge in [-0.1, -0.05) is 6.07 Å². The van der Waals surface area contributed by atoms with Crippen LogP contribution < -0.4 is 10.1 Å². The van der Waals surface area contributed by atoms with Crippen molar-refractivity contribution < 1.29 is 18.7 Å². The minimum atomic E-state index is -0.268. The van der Waals surface area contributed by atoms with Gasteiger partial charge in [-0.2, -0.15) is 0 Å². The zero-order chi connectivity index (χ0) is 22.9. The molecule has 3 heterocycles. The van der Waals surface area contributed by atoms with E-state index in [9.17, 15) is 9.18 Å². The molecule has 2 aromatic rings. The fraction of sp³-hybridized carbons (Fsp3) is 0.520. The number of pyridine rings is 1. The Morgan fingerprint density at radius 2 is 2.00 bits per heavy atom. The zero-order valence-electron chi connectivity index (χ0n) is 19.0. The van der Waals surface area contributed by atoms with E-state index < -0.39 is 0 Å². The molecule has 0 aliphatic carbocycles. The van der Waals surface area contributed by atoms with E-state index in [1.54, 1.807) is 18.3 Å². The Labute approximate surface area is 194 Å². The van der Waals surface area contributed by atoms with E-state index in [-0.39, 0.29) is 23.8 Å². The van der Waals surface area contributed by atoms with E-state index in [1.807, 2.05) is 12.3 Å². The quantitative estimate of drug-likeness (QED) is 0.525. The van der Waals surface area contributed by atoms with Crippen molar-refractivity contribution >= 4 is 5.91 Å². The number of hydrogen-bond donors (Lipinski definition) is 1. The maximum Gasteiger partial charge on any atom is 0.222 e. The van der Waals surface area contributed by atoms with E-state index >= 15 is 0 Å². The number of carbonyl (C=O) groups excluding carboxylic acids is 1. The average Bonchev–Trinajstić information content (AvgIpc) is 3.20. The lowest BCUT2D eigenvalue weighted by Crippen LogP contribution is -2.46. The first-order valence-electron chi connectivity index (χ1n) is 11.8. The largest absolute Gasteiger partial charge is 0.492 e. The fourth-order valence-electron chi connectivity index (χ4n) is 4.59. The van der Waals surface area contributed by atoms with E-state index in [1.165, 1.54) is 12.1 Å². The van der Waals surface area contributed by atoms with Crippen molar-refractivity contribution in [2.75, 3.05) is 52.5 Å². The summed E-state index contributed by atoms with van der Waals surface area (Å²) in [7, 11) is 0. The molecule has 4 rings (SSSR count). The number of likely N-dealkylation sites (tertiary alicyclic amines) is 1. The van der Waals surface area contributed by atoms with Crippen LogP contribution >= 0.6 is 0 Å². The van der Waals surface area contributed by atoms with Gasteiger partial charge >= 0.3 is 0 Å². The summed E-state index contributed by atoms with van der Waals surface area (Å²) in [4.78, 5) is 21.6. The third-order valence-corrected chi connectivity index (χ3v) is 6.39. The highest BCUT2D eigenvalue weighted by Gasteiger charge is 2.34. The van der Waals surface area contributed by atoms with Crippen LogP contribution in [0.4, 0.5) is 4.39 Å². The number of carbonyl (C=O) groups is 1. The highest BCUT2D eigenvalue weighted by molar-refractivity contribution is 5.78. The summed E-state index contributed by atoms with van der Waals surface area (Å²) in [5, 5.41) is 3.40. The molecule has 1 aromatic carbocycles. The van der Waals surface area contributed by atoms with Gasteiger partial charge in [0.05, 0.1) is 19.3 Å². The lowest BCUT2D eigenvalue weighted by Gasteiger charge is -2.38. The molecular weight excluding hydrogens is 423 g/mol. The van der Waals surface area contributed by atoms with Crippen LogP contribution in [0.15, 0.2) is 48.8 Å². The summed E-state index contributed by atoms with van der Waals surface area (Å²) in [5.74, 6) is 0.632. The minimum absolute atomic E-state index is 0.129. The van der Waals surface area contributed by atoms with Gasteiger partial charge in [-0.3, -0.25) is 14.7 Å². The topological polar surface area (TPSA) is 66.9 Å². The summed E-state index contributed by atoms with van der Waals surface area (Å²) in [6.45, 7) is 5.88. The molecule has 0 spiro atoms. The Morgan fingerprint density at radius 3 is 2.76 bits per heavy atom. The number of hydrogen-bond acceptors (Lipinski definition) is 6. The predicted octanol–water partition coefficient (Wildman–Crippen LogP) is 2.64. The summed E-state index contributed by atoms with van der Waals surface area (Å²) in [6, 6.07) is 10.5. The van der Waals surface area contributed by atoms with Crippen LogP contribution in [0.2, 0.25) is 0 Å². The fourth-order valence-corrected chi connectivity index (χ4v) is 4.59. The first-order chi connectivity index (χ1) is 16.2. The number of rotatable bonds is 11. The normalized spacial score (nSPS) is 20.2. The lowest BCUT2D eigenvalue weighted by atomic mass is 10.0. The summed E-state index contributed by atoms with van der Waals surface area (Å²) in [6.07, 6.45) is 6.12. The third-order valence-electron chi connectivity index (χ3n) is 6.39. The van der Waals surface area contributed by atoms with Crippen molar-refractivity contribution in [3.05, 3.63) is 60.2 Å². The standard InChI is InChI=1S/C25H33FN4O3/c26-21-3-6-23(7-4-21)33-15-12-27-11-9-22-5-8-25(31)30(22)19-24(20-2-1-10-28-18-20)29-13-16-32-17-14-29/h1-4,6-7,10,18,22,24,27H,5,8-9,11-17,19H2. The average molecular weight is 457 g/mol. The second-order valence-electron chi connectivity index (χ2n) is 8.53. The highest BCUT2D eigenvalue weighted by Crippen LogP contribution is 2.28. The van der Waals surface area contributed by atoms with Crippen molar-refractivity contribution in [2.45, 2.75) is 31.3 Å². The van der Waals surface area contributed by atoms with Crippen molar-refractivity contribution in [1.82, 2.24) is 20.1 Å². The smallest absolute Gasteiger partial charge is 0.222 e. The monoisotopic (exact) mass is 456 g/mol. The van der Waals surface area contributed by atoms with Crippen molar-refractivity contribution in [1.29, 1.82) is 0 Å². The van der Waals surface area contributed by atoms with Gasteiger partial charge < -0.3 is 19.7 Å². The molecular formula is C25H33FN4O3. The summed E-state index contributed by atoms with van der Waals surface area (Å²) < 4.78 is 24.1. The van der Waals surface area contributed by atoms with Crippen LogP contribution in [0.5, 0.6) is 5.75 Å². The maximum absolute atomic E-state index is 13.0. The van der Waals surface area contributed by atoms with Crippen LogP contribution in [-0.4, -0.2) is 79.3 Å². The molecule has 7 nitrogen and oxygen atoms in total. The number of morpholine rings is 1. The molecule has 8 heteroatoms. The van der Waals surface area contributed by atoms with Gasteiger partial charge in [0.15, 0.2) is 0 Å². The Hall–Kier alpha value is -2.55. The highest BCUT2D eigenvalue weighted by atomic mass is 19.1. The number of ether oxygens (including phenoxy) is 2. The molecule has 2 fully saturated rings. The molecule has 0 bridgehead atoms. The second-order valence-corrected chi connectivity index (χ2v) is 8.53. The number of nitrogens with zero attached hydrogens (tertiary/aromatic N) is 3. The third kappa shape index (κ3) is 6.72. The van der Waals surface area contributed by atoms with Crippen molar-refractivity contribution in [3.8, 4) is 5.75 Å². The molecule has 2 unspecified atom stereocenters. The Balaban J connectivity index is 1.27. The molecule has 178 valence electrons. The Morgan fingerprint density at radius 1 is 1.18 bits per heavy atom. The van der Waals surface area contributed by atoms with E-state index in [0.29, 0.717) is 31.9 Å². The van der Waals surface area contributed by atoms with Crippen LogP contribution in [-0.2, 0) is 9.53 Å². The number of nitrogens with one attached hydrogen (secondary N) is 1. The van der Waals surface area contributed by atoms with Gasteiger partial charge in [-0.05, 0) is 55.3 Å². The molecule has 33 heavy (non-hydrogen) atoms. The van der Waals surface area contributed by atoms with E-state index in [2.05, 4.69) is 26.2 Å². The number of amides is 1. The zero-order valence-corrected chi connectivity index (χ0v) is 19.0. The van der Waals surface area contributed by atoms with Crippen LogP contribution in [0, 0.1) is 5.82 Å². The number of halogens is 1. The summed E-state index contributed by atoms with van der Waals surface area (Å²) in [5.41, 5.74) is 1.15. The SMILES string of the molecule is O=C1CCC(CCNCCOc2ccc(F)cc2)N1CC(c1cccnc1)N1CCOCC1. The minimum Gasteiger partial charge on any atom is -0.492 e. The van der Waals surface area contributed by atoms with Crippen LogP contribution in [0.1, 0.15) is 30.9 Å². The van der Waals surface area contributed by atoms with Gasteiger partial charge in [0.25, 0.3) is 0 Å². The summed E-state index contributed by atoms with van der Waals surface area (Å²) >= 11 is 0. The molecule has 0 saturated carbocycles. The molecule has 1 N–H and O–H groups in total. The molecule has 2 atom stereocenters. The van der Waals surface area contributed by atoms with E-state index in [0.717, 1.165) is 51.3 Å². The molecule has 2 aliphatic heterocycles. The second kappa shape index (κ2) is 12.1. The van der Waals surface area contributed by atoms with Gasteiger partial charge in [0, 0.05) is 51.0 Å². The van der Waals surface area contributed by atoms with Gasteiger partial charge in [0.2, 0.25) is 5.91 Å². The van der Waals surface area contributed by atoms with Gasteiger partial charge in [-0.15, -0.1) is 0 Å². The molecule has 2 saturated heterocycles. The number of benzene rings is 1. The first-order valence-corrected chi connectivity index (χ1v) is 11.8. The van der Waals surface area contributed by atoms with Crippen molar-refractivity contribution in [2.24, 2.45) is 0 Å². The van der Waals surface area contributed by atoms with Crippen LogP contribution in [0.25, 0.3) is 0 Å². The van der Waals surface area contributed by atoms with Crippen molar-refractivity contribution in [3.63, 3.8) is 0 Å². The first kappa shape index (κ1) is 23.6. The maximum atomic E-state index is 13.0. The Kier molecular flexibility index (Phi) is 8.63. The predicted molar refractivity (Wildman–Crippen MR) is 123 cm³/mol.